The van der Waals surface area contributed by atoms with Crippen molar-refractivity contribution in [3.05, 3.63) is 0 Å². The summed E-state index contributed by atoms with van der Waals surface area (Å²) in [7, 11) is 0. The van der Waals surface area contributed by atoms with Crippen molar-refractivity contribution in [2.24, 2.45) is 0 Å². The summed E-state index contributed by atoms with van der Waals surface area (Å²) in [5.41, 5.74) is -0.191. The molecule has 76 valence electrons. The van der Waals surface area contributed by atoms with Crippen molar-refractivity contribution in [1.29, 1.82) is 0 Å². The minimum atomic E-state index is -0.191. The van der Waals surface area contributed by atoms with Gasteiger partial charge in [0.25, 0.3) is 0 Å². The van der Waals surface area contributed by atoms with Gasteiger partial charge in [-0.15, -0.1) is 0 Å². The van der Waals surface area contributed by atoms with Crippen LogP contribution in [0, 0.1) is 0 Å². The van der Waals surface area contributed by atoms with E-state index in [1.807, 2.05) is 20.8 Å². The Morgan fingerprint density at radius 2 is 2.31 bits per heavy atom. The zero-order chi connectivity index (χ0) is 9.90. The lowest BCUT2D eigenvalue weighted by molar-refractivity contribution is -0.123. The van der Waals surface area contributed by atoms with E-state index in [0.717, 1.165) is 19.4 Å². The van der Waals surface area contributed by atoms with Crippen molar-refractivity contribution >= 4 is 5.91 Å². The van der Waals surface area contributed by atoms with Crippen LogP contribution in [0.15, 0.2) is 0 Å². The third-order valence-corrected chi connectivity index (χ3v) is 2.53. The topological polar surface area (TPSA) is 38.3 Å². The van der Waals surface area contributed by atoms with Crippen LogP contribution in [0.1, 0.15) is 40.0 Å². The van der Waals surface area contributed by atoms with E-state index in [2.05, 4.69) is 5.32 Å². The standard InChI is InChI=1S/C10H19NO2/c1-4-5-9(12)11-8-6-7-13-10(8,2)3/h8H,4-7H2,1-3H3,(H,11,12). The first-order chi connectivity index (χ1) is 6.06. The number of rotatable bonds is 3. The number of nitrogens with one attached hydrogen (secondary N) is 1. The van der Waals surface area contributed by atoms with Gasteiger partial charge in [0.05, 0.1) is 11.6 Å². The maximum Gasteiger partial charge on any atom is 0.220 e. The molecule has 1 N–H and O–H groups in total. The van der Waals surface area contributed by atoms with Crippen LogP contribution < -0.4 is 5.32 Å². The third-order valence-electron chi connectivity index (χ3n) is 2.53. The number of ether oxygens (including phenoxy) is 1. The maximum atomic E-state index is 11.3. The Morgan fingerprint density at radius 3 is 2.77 bits per heavy atom. The minimum Gasteiger partial charge on any atom is -0.373 e. The molecule has 1 fully saturated rings. The molecule has 1 rings (SSSR count). The second kappa shape index (κ2) is 4.09. The zero-order valence-electron chi connectivity index (χ0n) is 8.72. The highest BCUT2D eigenvalue weighted by Crippen LogP contribution is 2.24. The number of hydrogen-bond acceptors (Lipinski definition) is 2. The Bertz CT molecular complexity index is 189. The summed E-state index contributed by atoms with van der Waals surface area (Å²) >= 11 is 0. The summed E-state index contributed by atoms with van der Waals surface area (Å²) < 4.78 is 5.52. The second-order valence-corrected chi connectivity index (χ2v) is 4.11. The summed E-state index contributed by atoms with van der Waals surface area (Å²) in [6, 6.07) is 0.187. The summed E-state index contributed by atoms with van der Waals surface area (Å²) in [6.07, 6.45) is 2.45. The van der Waals surface area contributed by atoms with Gasteiger partial charge in [0.1, 0.15) is 0 Å². The highest BCUT2D eigenvalue weighted by Gasteiger charge is 2.36. The van der Waals surface area contributed by atoms with Gasteiger partial charge in [-0.3, -0.25) is 4.79 Å². The van der Waals surface area contributed by atoms with Crippen LogP contribution in [-0.2, 0) is 9.53 Å². The van der Waals surface area contributed by atoms with Gasteiger partial charge in [0.2, 0.25) is 5.91 Å². The summed E-state index contributed by atoms with van der Waals surface area (Å²) in [6.45, 7) is 6.81. The van der Waals surface area contributed by atoms with Gasteiger partial charge in [0.15, 0.2) is 0 Å². The Balaban J connectivity index is 2.40. The van der Waals surface area contributed by atoms with Crippen molar-refractivity contribution in [2.75, 3.05) is 6.61 Å². The molecule has 13 heavy (non-hydrogen) atoms. The van der Waals surface area contributed by atoms with Crippen molar-refractivity contribution < 1.29 is 9.53 Å². The first-order valence-electron chi connectivity index (χ1n) is 4.99. The maximum absolute atomic E-state index is 11.3. The third kappa shape index (κ3) is 2.69. The van der Waals surface area contributed by atoms with Gasteiger partial charge < -0.3 is 10.1 Å². The molecule has 3 nitrogen and oxygen atoms in total. The molecule has 0 saturated carbocycles. The van der Waals surface area contributed by atoms with Crippen LogP contribution in [0.3, 0.4) is 0 Å². The summed E-state index contributed by atoms with van der Waals surface area (Å²) in [5.74, 6) is 0.145. The lowest BCUT2D eigenvalue weighted by atomic mass is 9.99. The molecule has 1 aliphatic heterocycles. The van der Waals surface area contributed by atoms with Crippen LogP contribution >= 0.6 is 0 Å². The molecule has 1 saturated heterocycles. The molecule has 1 amide bonds. The van der Waals surface area contributed by atoms with Crippen LogP contribution in [0.25, 0.3) is 0 Å². The molecule has 0 radical (unpaired) electrons. The van der Waals surface area contributed by atoms with Gasteiger partial charge in [0, 0.05) is 13.0 Å². The largest absolute Gasteiger partial charge is 0.373 e. The first-order valence-corrected chi connectivity index (χ1v) is 4.99. The van der Waals surface area contributed by atoms with E-state index >= 15 is 0 Å². The molecule has 1 unspecified atom stereocenters. The summed E-state index contributed by atoms with van der Waals surface area (Å²) in [5, 5.41) is 3.01. The average Bonchev–Trinajstić information content (AvgIpc) is 2.31. The minimum absolute atomic E-state index is 0.145. The molecular formula is C10H19NO2. The van der Waals surface area contributed by atoms with Crippen molar-refractivity contribution in [1.82, 2.24) is 5.32 Å². The van der Waals surface area contributed by atoms with Crippen molar-refractivity contribution in [2.45, 2.75) is 51.7 Å². The van der Waals surface area contributed by atoms with E-state index in [4.69, 9.17) is 4.74 Å². The van der Waals surface area contributed by atoms with Crippen LogP contribution in [0.4, 0.5) is 0 Å². The van der Waals surface area contributed by atoms with Gasteiger partial charge in [-0.1, -0.05) is 6.92 Å². The van der Waals surface area contributed by atoms with E-state index in [1.165, 1.54) is 0 Å². The average molecular weight is 185 g/mol. The number of carbonyl (C=O) groups excluding carboxylic acids is 1. The molecule has 0 aromatic heterocycles. The number of hydrogen-bond donors (Lipinski definition) is 1. The predicted octanol–water partition coefficient (Wildman–Crippen LogP) is 1.47. The molecule has 1 atom stereocenters. The van der Waals surface area contributed by atoms with E-state index in [1.54, 1.807) is 0 Å². The zero-order valence-corrected chi connectivity index (χ0v) is 8.72. The van der Waals surface area contributed by atoms with E-state index in [0.29, 0.717) is 6.42 Å². The van der Waals surface area contributed by atoms with Crippen LogP contribution in [0.5, 0.6) is 0 Å². The van der Waals surface area contributed by atoms with Crippen LogP contribution in [-0.4, -0.2) is 24.2 Å². The first kappa shape index (κ1) is 10.5. The predicted molar refractivity (Wildman–Crippen MR) is 51.5 cm³/mol. The quantitative estimate of drug-likeness (QED) is 0.723. The molecule has 0 aromatic rings. The number of amides is 1. The van der Waals surface area contributed by atoms with E-state index in [-0.39, 0.29) is 17.6 Å². The highest BCUT2D eigenvalue weighted by molar-refractivity contribution is 5.76. The lowest BCUT2D eigenvalue weighted by Crippen LogP contribution is -2.46. The Morgan fingerprint density at radius 1 is 1.62 bits per heavy atom. The monoisotopic (exact) mass is 185 g/mol. The van der Waals surface area contributed by atoms with Gasteiger partial charge in [-0.05, 0) is 26.7 Å². The lowest BCUT2D eigenvalue weighted by Gasteiger charge is -2.26. The fourth-order valence-corrected chi connectivity index (χ4v) is 1.63. The molecule has 0 spiro atoms. The molecule has 1 heterocycles. The van der Waals surface area contributed by atoms with Gasteiger partial charge in [-0.25, -0.2) is 0 Å². The number of carbonyl (C=O) groups is 1. The molecule has 1 aliphatic rings. The Hall–Kier alpha value is -0.570. The van der Waals surface area contributed by atoms with E-state index < -0.39 is 0 Å². The van der Waals surface area contributed by atoms with Crippen molar-refractivity contribution in [3.63, 3.8) is 0 Å². The fourth-order valence-electron chi connectivity index (χ4n) is 1.63. The Kier molecular flexibility index (Phi) is 3.31. The normalized spacial score (nSPS) is 25.9. The van der Waals surface area contributed by atoms with Gasteiger partial charge >= 0.3 is 0 Å². The van der Waals surface area contributed by atoms with Crippen molar-refractivity contribution in [3.8, 4) is 0 Å². The molecule has 0 aromatic carbocycles. The Labute approximate surface area is 79.8 Å². The van der Waals surface area contributed by atoms with E-state index in [9.17, 15) is 4.79 Å². The molecular weight excluding hydrogens is 166 g/mol. The smallest absolute Gasteiger partial charge is 0.220 e. The fraction of sp³-hybridized carbons (Fsp3) is 0.900. The molecule has 0 aliphatic carbocycles. The summed E-state index contributed by atoms with van der Waals surface area (Å²) in [4.78, 5) is 11.3. The molecule has 0 bridgehead atoms. The highest BCUT2D eigenvalue weighted by atomic mass is 16.5. The van der Waals surface area contributed by atoms with Crippen LogP contribution in [0.2, 0.25) is 0 Å². The SMILES string of the molecule is CCCC(=O)NC1CCOC1(C)C. The van der Waals surface area contributed by atoms with Gasteiger partial charge in [-0.2, -0.15) is 0 Å². The molecule has 3 heteroatoms. The second-order valence-electron chi connectivity index (χ2n) is 4.11.